The van der Waals surface area contributed by atoms with E-state index in [0.29, 0.717) is 18.4 Å². The number of hydrogen-bond donors (Lipinski definition) is 4. The van der Waals surface area contributed by atoms with E-state index in [1.54, 1.807) is 46.8 Å². The quantitative estimate of drug-likeness (QED) is 0.111. The minimum absolute atomic E-state index is 0.00811. The maximum atomic E-state index is 13.4. The van der Waals surface area contributed by atoms with Crippen LogP contribution in [0.5, 0.6) is 0 Å². The van der Waals surface area contributed by atoms with E-state index in [1.807, 2.05) is 6.92 Å². The van der Waals surface area contributed by atoms with Crippen molar-refractivity contribution in [2.75, 3.05) is 14.2 Å². The van der Waals surface area contributed by atoms with Gasteiger partial charge in [-0.15, -0.1) is 0 Å². The van der Waals surface area contributed by atoms with Crippen LogP contribution >= 0.6 is 0 Å². The van der Waals surface area contributed by atoms with Gasteiger partial charge in [-0.3, -0.25) is 14.4 Å². The summed E-state index contributed by atoms with van der Waals surface area (Å²) >= 11 is 0. The molecule has 4 N–H and O–H groups in total. The Hall–Kier alpha value is -3.71. The Morgan fingerprint density at radius 3 is 2.08 bits per heavy atom. The molecule has 0 aromatic rings. The van der Waals surface area contributed by atoms with Gasteiger partial charge in [0, 0.05) is 56.1 Å². The van der Waals surface area contributed by atoms with Crippen LogP contribution in [-0.2, 0) is 61.9 Å². The molecule has 0 saturated carbocycles. The summed E-state index contributed by atoms with van der Waals surface area (Å²) in [5.74, 6) is -7.88. The molecule has 4 rings (SSSR count). The highest BCUT2D eigenvalue weighted by atomic mass is 16.7. The maximum Gasteiger partial charge on any atom is 0.330 e. The minimum Gasteiger partial charge on any atom is -0.466 e. The van der Waals surface area contributed by atoms with Crippen molar-refractivity contribution in [3.63, 3.8) is 0 Å². The number of cyclic esters (lactones) is 1. The smallest absolute Gasteiger partial charge is 0.330 e. The van der Waals surface area contributed by atoms with Crippen molar-refractivity contribution in [1.82, 2.24) is 0 Å². The zero-order valence-corrected chi connectivity index (χ0v) is 37.6. The predicted octanol–water partition coefficient (Wildman–Crippen LogP) is 3.95. The van der Waals surface area contributed by atoms with Gasteiger partial charge in [0.25, 0.3) is 0 Å². The number of aliphatic hydroxyl groups is 4. The van der Waals surface area contributed by atoms with Crippen molar-refractivity contribution in [2.24, 2.45) is 10.8 Å². The third kappa shape index (κ3) is 12.5. The van der Waals surface area contributed by atoms with Crippen LogP contribution in [0.4, 0.5) is 0 Å². The van der Waals surface area contributed by atoms with Crippen molar-refractivity contribution in [3.05, 3.63) is 35.5 Å². The summed E-state index contributed by atoms with van der Waals surface area (Å²) in [5, 5.41) is 47.5. The fraction of sp³-hybridized carbons (Fsp3) is 0.756. The molecular weight excluding hydrogens is 812 g/mol. The Bertz CT molecular complexity index is 1700. The summed E-state index contributed by atoms with van der Waals surface area (Å²) in [7, 11) is 2.42. The predicted molar refractivity (Wildman–Crippen MR) is 219 cm³/mol. The van der Waals surface area contributed by atoms with Gasteiger partial charge in [0.2, 0.25) is 5.79 Å². The SMILES string of the molecule is CCCC(=O)O[C@H]1C[C@H]2C[C@@H](O)CC(=O)O[C@@H]([C@@H](C)O)C[C@@H]3C/C(=C\C(=O)OC)[C@@H](OC(=O)CCC)[C@@](O)(O3)C(C)(C)/C=C/[C@H]3C/C(=C/C(=O)OC)C[C@@H](C[C@](O)(O2)C1(C)C)O3. The number of rotatable bonds is 9. The van der Waals surface area contributed by atoms with E-state index in [9.17, 15) is 44.4 Å². The van der Waals surface area contributed by atoms with Crippen molar-refractivity contribution < 1.29 is 82.3 Å². The number of ether oxygens (including phenoxy) is 8. The zero-order chi connectivity index (χ0) is 46.2. The molecule has 11 atom stereocenters. The van der Waals surface area contributed by atoms with Crippen LogP contribution in [0.3, 0.4) is 0 Å². The topological polar surface area (TPSA) is 240 Å². The average Bonchev–Trinajstić information content (AvgIpc) is 3.16. The number of carbonyl (C=O) groups is 5. The number of hydrogen-bond acceptors (Lipinski definition) is 17. The van der Waals surface area contributed by atoms with Crippen LogP contribution < -0.4 is 0 Å². The Balaban J connectivity index is 1.89. The molecule has 17 nitrogen and oxygen atoms in total. The third-order valence-electron chi connectivity index (χ3n) is 12.3. The van der Waals surface area contributed by atoms with E-state index in [4.69, 9.17) is 37.9 Å². The molecule has 0 unspecified atom stereocenters. The van der Waals surface area contributed by atoms with E-state index in [-0.39, 0.29) is 63.4 Å². The molecule has 17 heteroatoms. The highest BCUT2D eigenvalue weighted by Crippen LogP contribution is 2.50. The maximum absolute atomic E-state index is 13.4. The third-order valence-corrected chi connectivity index (χ3v) is 12.3. The van der Waals surface area contributed by atoms with E-state index in [0.717, 1.165) is 6.08 Å². The lowest BCUT2D eigenvalue weighted by atomic mass is 9.70. The molecule has 62 heavy (non-hydrogen) atoms. The fourth-order valence-electron chi connectivity index (χ4n) is 8.56. The summed E-state index contributed by atoms with van der Waals surface area (Å²) in [6.07, 6.45) is -3.83. The first-order chi connectivity index (χ1) is 29.0. The lowest BCUT2D eigenvalue weighted by Crippen LogP contribution is -2.62. The van der Waals surface area contributed by atoms with Crippen molar-refractivity contribution >= 4 is 29.8 Å². The van der Waals surface area contributed by atoms with Crippen LogP contribution in [0.2, 0.25) is 0 Å². The lowest BCUT2D eigenvalue weighted by Gasteiger charge is -2.53. The first kappa shape index (κ1) is 50.9. The molecule has 0 aromatic heterocycles. The van der Waals surface area contributed by atoms with Crippen LogP contribution in [0.25, 0.3) is 0 Å². The Kier molecular flexibility index (Phi) is 17.5. The van der Waals surface area contributed by atoms with Gasteiger partial charge in [-0.25, -0.2) is 9.59 Å². The molecule has 4 aliphatic heterocycles. The van der Waals surface area contributed by atoms with Gasteiger partial charge >= 0.3 is 29.8 Å². The molecular formula is C45H68O17. The van der Waals surface area contributed by atoms with Gasteiger partial charge in [0.15, 0.2) is 11.9 Å². The first-order valence-corrected chi connectivity index (χ1v) is 21.6. The minimum atomic E-state index is -2.41. The molecule has 0 spiro atoms. The summed E-state index contributed by atoms with van der Waals surface area (Å²) in [6, 6.07) is 0. The van der Waals surface area contributed by atoms with E-state index in [1.165, 1.54) is 27.2 Å². The van der Waals surface area contributed by atoms with Crippen molar-refractivity contribution in [1.29, 1.82) is 0 Å². The molecule has 3 saturated heterocycles. The van der Waals surface area contributed by atoms with Crippen molar-refractivity contribution in [2.45, 2.75) is 192 Å². The number of carbonyl (C=O) groups excluding carboxylic acids is 5. The van der Waals surface area contributed by atoms with Gasteiger partial charge in [-0.2, -0.15) is 0 Å². The van der Waals surface area contributed by atoms with Gasteiger partial charge in [-0.05, 0) is 44.6 Å². The molecule has 0 aliphatic carbocycles. The molecule has 3 fully saturated rings. The number of methoxy groups -OCH3 is 2. The Labute approximate surface area is 364 Å². The zero-order valence-electron chi connectivity index (χ0n) is 37.6. The van der Waals surface area contributed by atoms with Crippen LogP contribution in [-0.4, -0.2) is 131 Å². The Morgan fingerprint density at radius 1 is 0.839 bits per heavy atom. The summed E-state index contributed by atoms with van der Waals surface area (Å²) in [5.41, 5.74) is -1.95. The number of fused-ring (bicyclic) bond motifs is 6. The summed E-state index contributed by atoms with van der Waals surface area (Å²) < 4.78 is 46.9. The lowest BCUT2D eigenvalue weighted by molar-refractivity contribution is -0.348. The second-order valence-corrected chi connectivity index (χ2v) is 18.1. The highest BCUT2D eigenvalue weighted by molar-refractivity contribution is 5.83. The largest absolute Gasteiger partial charge is 0.466 e. The Morgan fingerprint density at radius 2 is 1.47 bits per heavy atom. The van der Waals surface area contributed by atoms with E-state index < -0.39 is 114 Å². The monoisotopic (exact) mass is 880 g/mol. The second kappa shape index (κ2) is 21.3. The molecule has 6 bridgehead atoms. The van der Waals surface area contributed by atoms with Crippen LogP contribution in [0.15, 0.2) is 35.5 Å². The van der Waals surface area contributed by atoms with E-state index in [2.05, 4.69) is 0 Å². The molecule has 0 amide bonds. The van der Waals surface area contributed by atoms with E-state index >= 15 is 0 Å². The average molecular weight is 881 g/mol. The summed E-state index contributed by atoms with van der Waals surface area (Å²) in [6.45, 7) is 11.7. The van der Waals surface area contributed by atoms with Gasteiger partial charge < -0.3 is 58.3 Å². The highest BCUT2D eigenvalue weighted by Gasteiger charge is 2.59. The molecule has 350 valence electrons. The van der Waals surface area contributed by atoms with Crippen molar-refractivity contribution in [3.8, 4) is 0 Å². The standard InChI is InChI=1S/C45H68O17/c1-10-12-36(48)59-35-24-32-21-29(47)22-40(52)58-34(26(3)46)23-31-19-28(20-39(51)56-9)41(60-37(49)13-11-2)45(54,62-31)42(4,5)15-14-30-16-27(18-38(50)55-8)17-33(57-30)25-44(53,61-32)43(35,6)7/h14-15,18,20,26,29-35,41,46-47,53-54H,10-13,16-17,19,21-25H2,1-9H3/b15-14+,27-18-,28-20+/t26-,29-,30+,31+,32-,33+,34-,35+,41-,44+,45-/m1/s1. The van der Waals surface area contributed by atoms with Crippen LogP contribution in [0.1, 0.15) is 126 Å². The molecule has 0 aromatic carbocycles. The van der Waals surface area contributed by atoms with Crippen LogP contribution in [0, 0.1) is 10.8 Å². The summed E-state index contributed by atoms with van der Waals surface area (Å²) in [4.78, 5) is 64.8. The second-order valence-electron chi connectivity index (χ2n) is 18.1. The molecule has 0 radical (unpaired) electrons. The van der Waals surface area contributed by atoms with Gasteiger partial charge in [-0.1, -0.05) is 59.3 Å². The van der Waals surface area contributed by atoms with Gasteiger partial charge in [0.05, 0.1) is 62.7 Å². The first-order valence-electron chi connectivity index (χ1n) is 21.6. The molecule has 4 aliphatic rings. The molecule has 4 heterocycles. The van der Waals surface area contributed by atoms with Gasteiger partial charge in [0.1, 0.15) is 12.2 Å². The fourth-order valence-corrected chi connectivity index (χ4v) is 8.56. The normalized spacial score (nSPS) is 36.3. The number of aliphatic hydroxyl groups excluding tert-OH is 2. The number of esters is 5.